The van der Waals surface area contributed by atoms with E-state index in [1.165, 1.54) is 12.1 Å². The number of nitro benzene ring substituents is 1. The second kappa shape index (κ2) is 9.17. The third-order valence-corrected chi connectivity index (χ3v) is 4.82. The summed E-state index contributed by atoms with van der Waals surface area (Å²) in [6, 6.07) is 20.7. The first-order chi connectivity index (χ1) is 15.5. The highest BCUT2D eigenvalue weighted by atomic mass is 16.6. The SMILES string of the molecule is O=C(Cn1c(=O)oc2cc([N+](=O)[O-])ccc21)Nc1ccccc1OCCc1ccccc1. The monoisotopic (exact) mass is 433 g/mol. The van der Waals surface area contributed by atoms with Gasteiger partial charge in [-0.25, -0.2) is 4.79 Å². The van der Waals surface area contributed by atoms with Crippen LogP contribution in [0.5, 0.6) is 5.75 Å². The van der Waals surface area contributed by atoms with Crippen LogP contribution in [0.3, 0.4) is 0 Å². The highest BCUT2D eigenvalue weighted by Gasteiger charge is 2.17. The normalized spacial score (nSPS) is 10.8. The van der Waals surface area contributed by atoms with Gasteiger partial charge in [-0.3, -0.25) is 19.5 Å². The molecule has 1 N–H and O–H groups in total. The second-order valence-electron chi connectivity index (χ2n) is 6.99. The largest absolute Gasteiger partial charge is 0.491 e. The maximum Gasteiger partial charge on any atom is 0.420 e. The van der Waals surface area contributed by atoms with Crippen molar-refractivity contribution in [2.75, 3.05) is 11.9 Å². The van der Waals surface area contributed by atoms with Crippen molar-refractivity contribution in [1.82, 2.24) is 4.57 Å². The lowest BCUT2D eigenvalue weighted by Crippen LogP contribution is -2.25. The van der Waals surface area contributed by atoms with E-state index in [1.54, 1.807) is 24.3 Å². The molecule has 1 aromatic heterocycles. The van der Waals surface area contributed by atoms with Crippen LogP contribution in [0.2, 0.25) is 0 Å². The van der Waals surface area contributed by atoms with Crippen molar-refractivity contribution in [3.8, 4) is 5.75 Å². The molecule has 0 saturated carbocycles. The van der Waals surface area contributed by atoms with E-state index in [0.717, 1.165) is 16.2 Å². The van der Waals surface area contributed by atoms with E-state index < -0.39 is 16.6 Å². The molecule has 1 heterocycles. The van der Waals surface area contributed by atoms with Crippen LogP contribution in [0, 0.1) is 10.1 Å². The molecule has 0 spiro atoms. The number of nitro groups is 1. The Bertz CT molecular complexity index is 1330. The summed E-state index contributed by atoms with van der Waals surface area (Å²) in [5.41, 5.74) is 1.75. The lowest BCUT2D eigenvalue weighted by atomic mass is 10.2. The van der Waals surface area contributed by atoms with Crippen molar-refractivity contribution in [2.24, 2.45) is 0 Å². The molecule has 4 rings (SSSR count). The standard InChI is InChI=1S/C23H19N3O6/c27-22(15-25-19-11-10-17(26(29)30)14-21(19)32-23(25)28)24-18-8-4-5-9-20(18)31-13-12-16-6-2-1-3-7-16/h1-11,14H,12-13,15H2,(H,24,27). The van der Waals surface area contributed by atoms with Gasteiger partial charge in [0, 0.05) is 12.5 Å². The van der Waals surface area contributed by atoms with Gasteiger partial charge in [0.25, 0.3) is 5.69 Å². The van der Waals surface area contributed by atoms with Gasteiger partial charge in [-0.15, -0.1) is 0 Å². The van der Waals surface area contributed by atoms with Gasteiger partial charge in [-0.05, 0) is 23.8 Å². The van der Waals surface area contributed by atoms with Crippen LogP contribution in [0.4, 0.5) is 11.4 Å². The zero-order chi connectivity index (χ0) is 22.5. The number of rotatable bonds is 8. The minimum Gasteiger partial charge on any atom is -0.491 e. The zero-order valence-corrected chi connectivity index (χ0v) is 16.9. The Morgan fingerprint density at radius 2 is 1.81 bits per heavy atom. The Kier molecular flexibility index (Phi) is 5.98. The van der Waals surface area contributed by atoms with Crippen molar-refractivity contribution in [3.05, 3.63) is 99.0 Å². The molecule has 162 valence electrons. The number of para-hydroxylation sites is 2. The number of ether oxygens (including phenoxy) is 1. The van der Waals surface area contributed by atoms with Crippen LogP contribution in [0.1, 0.15) is 5.56 Å². The van der Waals surface area contributed by atoms with Gasteiger partial charge in [0.2, 0.25) is 5.91 Å². The second-order valence-corrected chi connectivity index (χ2v) is 6.99. The Morgan fingerprint density at radius 1 is 1.06 bits per heavy atom. The lowest BCUT2D eigenvalue weighted by Gasteiger charge is -2.12. The Balaban J connectivity index is 1.45. The molecule has 3 aromatic carbocycles. The number of nitrogens with one attached hydrogen (secondary N) is 1. The molecule has 0 saturated heterocycles. The van der Waals surface area contributed by atoms with E-state index in [4.69, 9.17) is 9.15 Å². The first kappa shape index (κ1) is 20.9. The van der Waals surface area contributed by atoms with Crippen molar-refractivity contribution in [1.29, 1.82) is 0 Å². The van der Waals surface area contributed by atoms with E-state index >= 15 is 0 Å². The number of fused-ring (bicyclic) bond motifs is 1. The average molecular weight is 433 g/mol. The van der Waals surface area contributed by atoms with E-state index in [2.05, 4.69) is 5.32 Å². The van der Waals surface area contributed by atoms with Gasteiger partial charge < -0.3 is 14.5 Å². The molecule has 0 aliphatic carbocycles. The van der Waals surface area contributed by atoms with E-state index in [9.17, 15) is 19.7 Å². The maximum atomic E-state index is 12.6. The molecule has 0 aliphatic heterocycles. The van der Waals surface area contributed by atoms with Crippen molar-refractivity contribution in [3.63, 3.8) is 0 Å². The first-order valence-electron chi connectivity index (χ1n) is 9.84. The van der Waals surface area contributed by atoms with Gasteiger partial charge in [0.15, 0.2) is 5.58 Å². The van der Waals surface area contributed by atoms with Crippen LogP contribution >= 0.6 is 0 Å². The fourth-order valence-corrected chi connectivity index (χ4v) is 3.27. The molecule has 1 amide bonds. The van der Waals surface area contributed by atoms with Crippen molar-refractivity contribution >= 4 is 28.4 Å². The van der Waals surface area contributed by atoms with Gasteiger partial charge in [0.1, 0.15) is 12.3 Å². The number of non-ortho nitro benzene ring substituents is 1. The topological polar surface area (TPSA) is 117 Å². The molecule has 0 unspecified atom stereocenters. The van der Waals surface area contributed by atoms with Crippen LogP contribution in [-0.2, 0) is 17.8 Å². The average Bonchev–Trinajstić information content (AvgIpc) is 3.09. The van der Waals surface area contributed by atoms with Crippen LogP contribution in [0.25, 0.3) is 11.1 Å². The number of nitrogens with zero attached hydrogens (tertiary/aromatic N) is 2. The Labute approximate surface area is 182 Å². The smallest absolute Gasteiger partial charge is 0.420 e. The number of benzene rings is 3. The third-order valence-electron chi connectivity index (χ3n) is 4.82. The van der Waals surface area contributed by atoms with Gasteiger partial charge in [0.05, 0.1) is 28.8 Å². The van der Waals surface area contributed by atoms with Gasteiger partial charge in [-0.2, -0.15) is 0 Å². The number of carbonyl (C=O) groups excluding carboxylic acids is 1. The summed E-state index contributed by atoms with van der Waals surface area (Å²) < 4.78 is 12.0. The van der Waals surface area contributed by atoms with Crippen molar-refractivity contribution < 1.29 is 18.9 Å². The molecular weight excluding hydrogens is 414 g/mol. The number of anilines is 1. The molecule has 32 heavy (non-hydrogen) atoms. The molecule has 9 heteroatoms. The molecule has 4 aromatic rings. The minimum atomic E-state index is -0.775. The number of aromatic nitrogens is 1. The molecular formula is C23H19N3O6. The van der Waals surface area contributed by atoms with E-state index in [0.29, 0.717) is 30.0 Å². The summed E-state index contributed by atoms with van der Waals surface area (Å²) in [7, 11) is 0. The fourth-order valence-electron chi connectivity index (χ4n) is 3.27. The Morgan fingerprint density at radius 3 is 2.59 bits per heavy atom. The molecule has 0 atom stereocenters. The molecule has 0 aliphatic rings. The third kappa shape index (κ3) is 4.67. The summed E-state index contributed by atoms with van der Waals surface area (Å²) in [6.07, 6.45) is 0.714. The predicted octanol–water partition coefficient (Wildman–Crippen LogP) is 3.76. The summed E-state index contributed by atoms with van der Waals surface area (Å²) in [5, 5.41) is 13.7. The quantitative estimate of drug-likeness (QED) is 0.334. The highest BCUT2D eigenvalue weighted by Crippen LogP contribution is 2.24. The number of oxazole rings is 1. The van der Waals surface area contributed by atoms with Gasteiger partial charge >= 0.3 is 5.76 Å². The van der Waals surface area contributed by atoms with E-state index in [1.807, 2.05) is 30.3 Å². The van der Waals surface area contributed by atoms with Crippen LogP contribution < -0.4 is 15.8 Å². The van der Waals surface area contributed by atoms with E-state index in [-0.39, 0.29) is 17.8 Å². The molecule has 9 nitrogen and oxygen atoms in total. The maximum absolute atomic E-state index is 12.6. The summed E-state index contributed by atoms with van der Waals surface area (Å²) in [4.78, 5) is 35.1. The first-order valence-corrected chi connectivity index (χ1v) is 9.84. The Hall–Kier alpha value is -4.40. The molecule has 0 fully saturated rings. The molecule has 0 radical (unpaired) electrons. The predicted molar refractivity (Wildman–Crippen MR) is 118 cm³/mol. The zero-order valence-electron chi connectivity index (χ0n) is 16.9. The van der Waals surface area contributed by atoms with Crippen LogP contribution in [0.15, 0.2) is 82.0 Å². The summed E-state index contributed by atoms with van der Waals surface area (Å²) in [5.74, 6) is -0.730. The highest BCUT2D eigenvalue weighted by molar-refractivity contribution is 5.93. The number of amides is 1. The number of hydrogen-bond acceptors (Lipinski definition) is 6. The van der Waals surface area contributed by atoms with Crippen molar-refractivity contribution in [2.45, 2.75) is 13.0 Å². The summed E-state index contributed by atoms with van der Waals surface area (Å²) in [6.45, 7) is 0.115. The minimum absolute atomic E-state index is 0.0432. The van der Waals surface area contributed by atoms with Crippen LogP contribution in [-0.4, -0.2) is 22.0 Å². The summed E-state index contributed by atoms with van der Waals surface area (Å²) >= 11 is 0. The number of hydrogen-bond donors (Lipinski definition) is 1. The lowest BCUT2D eigenvalue weighted by molar-refractivity contribution is -0.384. The van der Waals surface area contributed by atoms with Gasteiger partial charge in [-0.1, -0.05) is 42.5 Å². The fraction of sp³-hybridized carbons (Fsp3) is 0.130. The molecule has 0 bridgehead atoms. The number of carbonyl (C=O) groups is 1.